The Morgan fingerprint density at radius 1 is 1.02 bits per heavy atom. The highest BCUT2D eigenvalue weighted by atomic mass is 16.5. The first-order chi connectivity index (χ1) is 19.7. The molecular formula is C32H39N3O6. The zero-order valence-electron chi connectivity index (χ0n) is 24.3. The van der Waals surface area contributed by atoms with Crippen LogP contribution in [0.1, 0.15) is 50.3 Å². The Balaban J connectivity index is 1.49. The van der Waals surface area contributed by atoms with Crippen molar-refractivity contribution in [3.8, 4) is 28.4 Å². The number of ether oxygens (including phenoxy) is 3. The summed E-state index contributed by atoms with van der Waals surface area (Å²) in [7, 11) is 4.69. The SMILES string of the molecule is COc1cc2c(c(OC)c1OC)-c1ccc(N[C@@H](C)C(=O)NC[C@@H]3C[C@H]4C=C[C@H]3C4)c(=O)cc1[C@@H](NC(C)=O)CC2. The Morgan fingerprint density at radius 2 is 1.80 bits per heavy atom. The van der Waals surface area contributed by atoms with Crippen molar-refractivity contribution >= 4 is 17.5 Å². The molecule has 0 aliphatic heterocycles. The number of methoxy groups -OCH3 is 3. The number of fused-ring (bicyclic) bond motifs is 5. The Kier molecular flexibility index (Phi) is 8.24. The zero-order chi connectivity index (χ0) is 29.3. The van der Waals surface area contributed by atoms with Crippen LogP contribution in [0.2, 0.25) is 0 Å². The second-order valence-corrected chi connectivity index (χ2v) is 11.2. The third-order valence-electron chi connectivity index (χ3n) is 8.64. The topological polar surface area (TPSA) is 115 Å². The van der Waals surface area contributed by atoms with E-state index in [1.807, 2.05) is 12.1 Å². The molecule has 0 aromatic heterocycles. The number of nitrogens with one attached hydrogen (secondary N) is 3. The molecule has 0 radical (unpaired) electrons. The molecule has 0 spiro atoms. The summed E-state index contributed by atoms with van der Waals surface area (Å²) in [6, 6.07) is 5.99. The van der Waals surface area contributed by atoms with Crippen molar-refractivity contribution in [2.75, 3.05) is 33.2 Å². The molecule has 5 rings (SSSR count). The fourth-order valence-corrected chi connectivity index (χ4v) is 6.64. The summed E-state index contributed by atoms with van der Waals surface area (Å²) >= 11 is 0. The second kappa shape index (κ2) is 11.8. The van der Waals surface area contributed by atoms with Crippen molar-refractivity contribution in [1.82, 2.24) is 10.6 Å². The van der Waals surface area contributed by atoms with E-state index in [9.17, 15) is 14.4 Å². The maximum absolute atomic E-state index is 13.5. The zero-order valence-corrected chi connectivity index (χ0v) is 24.3. The highest BCUT2D eigenvalue weighted by Crippen LogP contribution is 2.50. The van der Waals surface area contributed by atoms with Gasteiger partial charge in [-0.1, -0.05) is 18.2 Å². The third kappa shape index (κ3) is 5.62. The van der Waals surface area contributed by atoms with Gasteiger partial charge in [0.25, 0.3) is 0 Å². The minimum absolute atomic E-state index is 0.149. The highest BCUT2D eigenvalue weighted by molar-refractivity contribution is 5.85. The second-order valence-electron chi connectivity index (χ2n) is 11.2. The van der Waals surface area contributed by atoms with E-state index in [0.29, 0.717) is 65.6 Å². The number of hydrogen-bond donors (Lipinski definition) is 3. The minimum Gasteiger partial charge on any atom is -0.493 e. The lowest BCUT2D eigenvalue weighted by Gasteiger charge is -2.20. The van der Waals surface area contributed by atoms with E-state index >= 15 is 0 Å². The van der Waals surface area contributed by atoms with Gasteiger partial charge in [-0.15, -0.1) is 0 Å². The highest BCUT2D eigenvalue weighted by Gasteiger charge is 2.36. The molecule has 0 saturated heterocycles. The molecule has 1 saturated carbocycles. The van der Waals surface area contributed by atoms with Gasteiger partial charge in [0.1, 0.15) is 6.04 Å². The predicted molar refractivity (Wildman–Crippen MR) is 158 cm³/mol. The van der Waals surface area contributed by atoms with Gasteiger partial charge in [-0.2, -0.15) is 0 Å². The number of benzene rings is 1. The Hall–Kier alpha value is -4.01. The van der Waals surface area contributed by atoms with Gasteiger partial charge in [-0.05, 0) is 85.3 Å². The van der Waals surface area contributed by atoms with Crippen molar-refractivity contribution in [3.05, 3.63) is 57.8 Å². The van der Waals surface area contributed by atoms with Gasteiger partial charge in [-0.3, -0.25) is 14.4 Å². The molecule has 2 bridgehead atoms. The molecule has 9 heteroatoms. The van der Waals surface area contributed by atoms with Crippen molar-refractivity contribution in [2.24, 2.45) is 17.8 Å². The van der Waals surface area contributed by atoms with Crippen molar-refractivity contribution < 1.29 is 23.8 Å². The number of aryl methyl sites for hydroxylation is 1. The van der Waals surface area contributed by atoms with Crippen LogP contribution in [0.4, 0.5) is 5.69 Å². The molecule has 2 amide bonds. The molecule has 2 aromatic rings. The fraction of sp³-hybridized carbons (Fsp3) is 0.469. The van der Waals surface area contributed by atoms with Gasteiger partial charge in [0.2, 0.25) is 23.0 Å². The fourth-order valence-electron chi connectivity index (χ4n) is 6.64. The summed E-state index contributed by atoms with van der Waals surface area (Å²) in [6.45, 7) is 3.85. The Labute approximate surface area is 240 Å². The summed E-state index contributed by atoms with van der Waals surface area (Å²) in [5.41, 5.74) is 3.16. The first-order valence-corrected chi connectivity index (χ1v) is 14.2. The van der Waals surface area contributed by atoms with E-state index in [4.69, 9.17) is 14.2 Å². The Bertz CT molecular complexity index is 1440. The van der Waals surface area contributed by atoms with Crippen LogP contribution >= 0.6 is 0 Å². The van der Waals surface area contributed by atoms with E-state index in [0.717, 1.165) is 23.1 Å². The summed E-state index contributed by atoms with van der Waals surface area (Å²) in [4.78, 5) is 38.7. The Morgan fingerprint density at radius 3 is 2.44 bits per heavy atom. The number of amides is 2. The van der Waals surface area contributed by atoms with Crippen molar-refractivity contribution in [1.29, 1.82) is 0 Å². The molecule has 5 atom stereocenters. The van der Waals surface area contributed by atoms with Crippen LogP contribution in [0.5, 0.6) is 17.2 Å². The van der Waals surface area contributed by atoms with Gasteiger partial charge >= 0.3 is 0 Å². The number of anilines is 1. The standard InChI is InChI=1S/C32H39N3O6/c1-17(32(38)33-16-22-13-19-6-7-20(22)12-19)34-26-11-9-23-24(15-27(26)37)25(35-18(2)36)10-8-21-14-28(39-3)30(40-4)31(41-5)29(21)23/h6-7,9,11,14-15,17,19-20,22,25H,8,10,12-13,16H2,1-5H3,(H,33,38)(H,34,37)(H,35,36)/t17-,19-,20-,22-,25-/m0/s1. The molecule has 3 N–H and O–H groups in total. The monoisotopic (exact) mass is 561 g/mol. The molecule has 2 aromatic carbocycles. The van der Waals surface area contributed by atoms with Crippen LogP contribution in [0.15, 0.2) is 41.2 Å². The van der Waals surface area contributed by atoms with Crippen molar-refractivity contribution in [3.63, 3.8) is 0 Å². The maximum Gasteiger partial charge on any atom is 0.242 e. The lowest BCUT2D eigenvalue weighted by atomic mass is 9.93. The van der Waals surface area contributed by atoms with Crippen LogP contribution in [-0.2, 0) is 16.0 Å². The van der Waals surface area contributed by atoms with E-state index in [2.05, 4.69) is 28.1 Å². The lowest BCUT2D eigenvalue weighted by Crippen LogP contribution is -2.41. The van der Waals surface area contributed by atoms with Crippen LogP contribution in [0, 0.1) is 17.8 Å². The number of rotatable bonds is 9. The first-order valence-electron chi connectivity index (χ1n) is 14.2. The predicted octanol–water partition coefficient (Wildman–Crippen LogP) is 3.99. The molecule has 1 fully saturated rings. The largest absolute Gasteiger partial charge is 0.493 e. The molecule has 0 heterocycles. The number of allylic oxidation sites excluding steroid dienone is 2. The average Bonchev–Trinajstić information content (AvgIpc) is 3.51. The smallest absolute Gasteiger partial charge is 0.242 e. The van der Waals surface area contributed by atoms with Gasteiger partial charge in [0, 0.05) is 19.0 Å². The molecule has 3 aliphatic carbocycles. The number of carbonyl (C=O) groups is 2. The lowest BCUT2D eigenvalue weighted by molar-refractivity contribution is -0.122. The minimum atomic E-state index is -0.614. The van der Waals surface area contributed by atoms with Gasteiger partial charge in [0.05, 0.1) is 33.1 Å². The molecule has 218 valence electrons. The quantitative estimate of drug-likeness (QED) is 0.397. The molecule has 41 heavy (non-hydrogen) atoms. The van der Waals surface area contributed by atoms with Crippen molar-refractivity contribution in [2.45, 2.75) is 51.6 Å². The normalized spacial score (nSPS) is 22.6. The summed E-state index contributed by atoms with van der Waals surface area (Å²) in [5, 5.41) is 9.21. The van der Waals surface area contributed by atoms with Crippen LogP contribution in [0.3, 0.4) is 0 Å². The average molecular weight is 562 g/mol. The first kappa shape index (κ1) is 28.5. The number of hydrogen-bond acceptors (Lipinski definition) is 7. The number of carbonyl (C=O) groups excluding carboxylic acids is 2. The molecule has 0 unspecified atom stereocenters. The maximum atomic E-state index is 13.5. The molecule has 3 aliphatic rings. The summed E-state index contributed by atoms with van der Waals surface area (Å²) < 4.78 is 17.1. The van der Waals surface area contributed by atoms with E-state index in [1.54, 1.807) is 40.4 Å². The summed E-state index contributed by atoms with van der Waals surface area (Å²) in [5.74, 6) is 2.80. The van der Waals surface area contributed by atoms with E-state index < -0.39 is 12.1 Å². The summed E-state index contributed by atoms with van der Waals surface area (Å²) in [6.07, 6.45) is 8.05. The molecular weight excluding hydrogens is 522 g/mol. The van der Waals surface area contributed by atoms with Gasteiger partial charge in [0.15, 0.2) is 11.5 Å². The van der Waals surface area contributed by atoms with E-state index in [-0.39, 0.29) is 17.2 Å². The van der Waals surface area contributed by atoms with Gasteiger partial charge < -0.3 is 30.2 Å². The van der Waals surface area contributed by atoms with E-state index in [1.165, 1.54) is 13.3 Å². The van der Waals surface area contributed by atoms with Crippen LogP contribution in [-0.4, -0.2) is 45.7 Å². The van der Waals surface area contributed by atoms with Gasteiger partial charge in [-0.25, -0.2) is 0 Å². The molecule has 9 nitrogen and oxygen atoms in total. The third-order valence-corrected chi connectivity index (χ3v) is 8.64. The van der Waals surface area contributed by atoms with Crippen LogP contribution in [0.25, 0.3) is 11.1 Å². The van der Waals surface area contributed by atoms with Crippen LogP contribution < -0.4 is 35.6 Å².